The number of ether oxygens (including phenoxy) is 3. The number of nitrogens with two attached hydrogens (primary N) is 1. The molecule has 9 heteroatoms. The van der Waals surface area contributed by atoms with Gasteiger partial charge in [-0.05, 0) is 84.0 Å². The number of benzene rings is 4. The molecule has 0 saturated heterocycles. The maximum Gasteiger partial charge on any atom is 0.328 e. The predicted molar refractivity (Wildman–Crippen MR) is 180 cm³/mol. The Hall–Kier alpha value is -4.89. The molecule has 4 N–H and O–H groups in total. The highest BCUT2D eigenvalue weighted by Crippen LogP contribution is 2.42. The maximum atomic E-state index is 13.3. The third kappa shape index (κ3) is 8.03. The molecule has 2 bridgehead atoms. The molecule has 0 aromatic heterocycles. The van der Waals surface area contributed by atoms with Crippen LogP contribution in [-0.4, -0.2) is 56.7 Å². The van der Waals surface area contributed by atoms with Gasteiger partial charge in [0.2, 0.25) is 11.8 Å². The third-order valence-electron chi connectivity index (χ3n) is 8.09. The van der Waals surface area contributed by atoms with Gasteiger partial charge in [-0.3, -0.25) is 9.59 Å². The number of hydrogen-bond acceptors (Lipinski definition) is 7. The number of esters is 1. The van der Waals surface area contributed by atoms with Gasteiger partial charge in [-0.25, -0.2) is 4.79 Å². The first-order chi connectivity index (χ1) is 22.5. The number of rotatable bonds is 5. The molecule has 2 atom stereocenters. The minimum absolute atomic E-state index is 0.166. The van der Waals surface area contributed by atoms with Crippen molar-refractivity contribution in [3.63, 3.8) is 0 Å². The van der Waals surface area contributed by atoms with Crippen LogP contribution in [0, 0.1) is 0 Å². The van der Waals surface area contributed by atoms with E-state index in [1.54, 1.807) is 6.08 Å². The predicted octanol–water partition coefficient (Wildman–Crippen LogP) is 5.43. The van der Waals surface area contributed by atoms with Crippen LogP contribution in [0.5, 0.6) is 11.5 Å². The summed E-state index contributed by atoms with van der Waals surface area (Å²) in [7, 11) is 1.28. The van der Waals surface area contributed by atoms with Crippen molar-refractivity contribution in [2.75, 3.05) is 26.9 Å². The smallest absolute Gasteiger partial charge is 0.328 e. The Labute approximate surface area is 269 Å². The van der Waals surface area contributed by atoms with Gasteiger partial charge in [0.1, 0.15) is 30.2 Å². The molecule has 46 heavy (non-hydrogen) atoms. The lowest BCUT2D eigenvalue weighted by molar-refractivity contribution is -0.145. The molecule has 1 heterocycles. The van der Waals surface area contributed by atoms with E-state index in [-0.39, 0.29) is 25.4 Å². The van der Waals surface area contributed by atoms with Crippen LogP contribution in [-0.2, 0) is 19.1 Å². The van der Waals surface area contributed by atoms with Gasteiger partial charge in [-0.1, -0.05) is 66.7 Å². The molecular formula is C37H41N3O6. The van der Waals surface area contributed by atoms with Crippen LogP contribution in [0.4, 0.5) is 0 Å². The molecule has 0 saturated carbocycles. The fraction of sp³-hybridized carbons (Fsp3) is 0.324. The van der Waals surface area contributed by atoms with E-state index in [0.29, 0.717) is 50.3 Å². The van der Waals surface area contributed by atoms with Crippen molar-refractivity contribution in [1.82, 2.24) is 10.6 Å². The zero-order chi connectivity index (χ0) is 32.3. The van der Waals surface area contributed by atoms with Crippen molar-refractivity contribution in [2.45, 2.75) is 50.6 Å². The molecule has 0 radical (unpaired) electrons. The minimum Gasteiger partial charge on any atom is -0.493 e. The molecule has 0 fully saturated rings. The zero-order valence-corrected chi connectivity index (χ0v) is 26.1. The van der Waals surface area contributed by atoms with E-state index in [4.69, 9.17) is 19.9 Å². The standard InChI is InChI=1S/C37H41N3O6/c1-44-37(43)32-16-7-9-21-45-27-23-26-12-3-4-13-28(26)30(24-27)35-29-14-5-2-11-25(29)18-19-33(35)46-22-10-17-34(41)39-31(36(42)40-32)15-6-8-20-38/h2-5,7,9,11-14,18-19,23-24,31-32H,6,8,10,15-17,20-22,38H2,1H3,(H,39,41)(H,40,42)/b9-7+/t31-,32+/m1/s1. The Kier molecular flexibility index (Phi) is 11.2. The fourth-order valence-corrected chi connectivity index (χ4v) is 5.74. The third-order valence-corrected chi connectivity index (χ3v) is 8.09. The minimum atomic E-state index is -0.918. The molecule has 0 spiro atoms. The molecule has 240 valence electrons. The monoisotopic (exact) mass is 623 g/mol. The summed E-state index contributed by atoms with van der Waals surface area (Å²) in [4.78, 5) is 38.8. The van der Waals surface area contributed by atoms with Gasteiger partial charge >= 0.3 is 5.97 Å². The van der Waals surface area contributed by atoms with E-state index in [2.05, 4.69) is 34.9 Å². The summed E-state index contributed by atoms with van der Waals surface area (Å²) in [6, 6.07) is 22.7. The Morgan fingerprint density at radius 1 is 0.913 bits per heavy atom. The maximum absolute atomic E-state index is 13.3. The van der Waals surface area contributed by atoms with Gasteiger partial charge in [0.15, 0.2) is 0 Å². The summed E-state index contributed by atoms with van der Waals surface area (Å²) in [6.45, 7) is 1.02. The van der Waals surface area contributed by atoms with Crippen molar-refractivity contribution in [3.8, 4) is 22.6 Å². The largest absolute Gasteiger partial charge is 0.493 e. The van der Waals surface area contributed by atoms with Gasteiger partial charge in [0.25, 0.3) is 0 Å². The van der Waals surface area contributed by atoms with Crippen LogP contribution in [0.25, 0.3) is 32.7 Å². The average molecular weight is 624 g/mol. The van der Waals surface area contributed by atoms with Crippen LogP contribution in [0.2, 0.25) is 0 Å². The van der Waals surface area contributed by atoms with E-state index < -0.39 is 24.0 Å². The van der Waals surface area contributed by atoms with Crippen LogP contribution >= 0.6 is 0 Å². The summed E-state index contributed by atoms with van der Waals surface area (Å²) in [5, 5.41) is 9.82. The lowest BCUT2D eigenvalue weighted by atomic mass is 9.93. The molecule has 1 aliphatic rings. The summed E-state index contributed by atoms with van der Waals surface area (Å²) >= 11 is 0. The summed E-state index contributed by atoms with van der Waals surface area (Å²) in [5.74, 6) is 0.107. The second-order valence-electron chi connectivity index (χ2n) is 11.3. The van der Waals surface area contributed by atoms with Crippen LogP contribution in [0.15, 0.2) is 84.9 Å². The van der Waals surface area contributed by atoms with Gasteiger partial charge in [0, 0.05) is 12.0 Å². The number of amides is 2. The van der Waals surface area contributed by atoms with Gasteiger partial charge < -0.3 is 30.6 Å². The number of nitrogens with one attached hydrogen (secondary N) is 2. The molecular weight excluding hydrogens is 582 g/mol. The number of fused-ring (bicyclic) bond motifs is 8. The highest BCUT2D eigenvalue weighted by Gasteiger charge is 2.26. The summed E-state index contributed by atoms with van der Waals surface area (Å²) in [5.41, 5.74) is 7.59. The summed E-state index contributed by atoms with van der Waals surface area (Å²) in [6.07, 6.45) is 6.15. The molecule has 2 amide bonds. The Bertz CT molecular complexity index is 1720. The van der Waals surface area contributed by atoms with Crippen molar-refractivity contribution >= 4 is 39.3 Å². The van der Waals surface area contributed by atoms with E-state index >= 15 is 0 Å². The topological polar surface area (TPSA) is 129 Å². The van der Waals surface area contributed by atoms with Crippen molar-refractivity contribution < 1.29 is 28.6 Å². The number of carbonyl (C=O) groups is 3. The number of hydrogen-bond donors (Lipinski definition) is 3. The molecule has 0 aliphatic carbocycles. The Morgan fingerprint density at radius 2 is 1.70 bits per heavy atom. The van der Waals surface area contributed by atoms with Crippen LogP contribution in [0.1, 0.15) is 38.5 Å². The van der Waals surface area contributed by atoms with Gasteiger partial charge in [-0.15, -0.1) is 0 Å². The Morgan fingerprint density at radius 3 is 2.50 bits per heavy atom. The quantitative estimate of drug-likeness (QED) is 0.154. The first-order valence-corrected chi connectivity index (χ1v) is 15.8. The van der Waals surface area contributed by atoms with Gasteiger partial charge in [-0.2, -0.15) is 0 Å². The summed E-state index contributed by atoms with van der Waals surface area (Å²) < 4.78 is 17.5. The lowest BCUT2D eigenvalue weighted by Crippen LogP contribution is -2.51. The second-order valence-corrected chi connectivity index (χ2v) is 11.3. The van der Waals surface area contributed by atoms with Crippen molar-refractivity contribution in [2.24, 2.45) is 5.73 Å². The molecule has 9 nitrogen and oxygen atoms in total. The normalized spacial score (nSPS) is 18.7. The highest BCUT2D eigenvalue weighted by atomic mass is 16.5. The highest BCUT2D eigenvalue weighted by molar-refractivity contribution is 6.08. The fourth-order valence-electron chi connectivity index (χ4n) is 5.74. The molecule has 4 aromatic rings. The van der Waals surface area contributed by atoms with Gasteiger partial charge in [0.05, 0.1) is 13.7 Å². The van der Waals surface area contributed by atoms with Crippen molar-refractivity contribution in [3.05, 3.63) is 84.9 Å². The van der Waals surface area contributed by atoms with E-state index in [1.165, 1.54) is 7.11 Å². The number of unbranched alkanes of at least 4 members (excludes halogenated alkanes) is 1. The Balaban J connectivity index is 1.51. The number of carbonyl (C=O) groups excluding carboxylic acids is 3. The van der Waals surface area contributed by atoms with E-state index in [1.807, 2.05) is 54.6 Å². The first kappa shape index (κ1) is 32.5. The van der Waals surface area contributed by atoms with Crippen LogP contribution < -0.4 is 25.8 Å². The molecule has 5 rings (SSSR count). The SMILES string of the molecule is COC(=O)[C@@H]1C/C=C/COc2cc(c3ccccc3c2)-c2c(ccc3ccccc23)OCCCC(=O)N[C@H](CCCCN)C(=O)N1. The average Bonchev–Trinajstić information content (AvgIpc) is 3.07. The first-order valence-electron chi connectivity index (χ1n) is 15.8. The second kappa shape index (κ2) is 15.9. The zero-order valence-electron chi connectivity index (χ0n) is 26.1. The van der Waals surface area contributed by atoms with E-state index in [0.717, 1.165) is 32.7 Å². The van der Waals surface area contributed by atoms with Crippen molar-refractivity contribution in [1.29, 1.82) is 0 Å². The molecule has 0 unspecified atom stereocenters. The lowest BCUT2D eigenvalue weighted by Gasteiger charge is -2.22. The molecule has 4 aromatic carbocycles. The molecule has 1 aliphatic heterocycles. The van der Waals surface area contributed by atoms with Crippen LogP contribution in [0.3, 0.4) is 0 Å². The van der Waals surface area contributed by atoms with E-state index in [9.17, 15) is 14.4 Å². The number of methoxy groups -OCH3 is 1.